The third kappa shape index (κ3) is 2.85. The van der Waals surface area contributed by atoms with E-state index in [9.17, 15) is 9.90 Å². The summed E-state index contributed by atoms with van der Waals surface area (Å²) in [6, 6.07) is 13.7. The zero-order valence-corrected chi connectivity index (χ0v) is 10.4. The summed E-state index contributed by atoms with van der Waals surface area (Å²) >= 11 is 3.32. The average molecular weight is 292 g/mol. The van der Waals surface area contributed by atoms with E-state index in [4.69, 9.17) is 0 Å². The summed E-state index contributed by atoms with van der Waals surface area (Å²) in [5, 5.41) is 12.2. The van der Waals surface area contributed by atoms with Crippen LogP contribution < -0.4 is 5.32 Å². The summed E-state index contributed by atoms with van der Waals surface area (Å²) in [6.45, 7) is 0. The number of halogens is 1. The van der Waals surface area contributed by atoms with E-state index < -0.39 is 0 Å². The number of hydrogen-bond acceptors (Lipinski definition) is 2. The highest BCUT2D eigenvalue weighted by Crippen LogP contribution is 2.19. The van der Waals surface area contributed by atoms with Crippen molar-refractivity contribution in [3.8, 4) is 5.75 Å². The minimum Gasteiger partial charge on any atom is -0.507 e. The Morgan fingerprint density at radius 2 is 1.71 bits per heavy atom. The van der Waals surface area contributed by atoms with Gasteiger partial charge in [0, 0.05) is 10.2 Å². The van der Waals surface area contributed by atoms with Gasteiger partial charge in [-0.3, -0.25) is 4.79 Å². The number of benzene rings is 2. The van der Waals surface area contributed by atoms with Crippen molar-refractivity contribution in [1.29, 1.82) is 0 Å². The lowest BCUT2D eigenvalue weighted by Gasteiger charge is -2.06. The Kier molecular flexibility index (Phi) is 3.44. The van der Waals surface area contributed by atoms with Crippen molar-refractivity contribution in [1.82, 2.24) is 0 Å². The van der Waals surface area contributed by atoms with Gasteiger partial charge < -0.3 is 10.4 Å². The molecule has 17 heavy (non-hydrogen) atoms. The number of para-hydroxylation sites is 1. The van der Waals surface area contributed by atoms with Crippen molar-refractivity contribution in [3.05, 3.63) is 58.6 Å². The van der Waals surface area contributed by atoms with E-state index in [2.05, 4.69) is 21.2 Å². The van der Waals surface area contributed by atoms with Gasteiger partial charge in [0.2, 0.25) is 0 Å². The molecule has 0 aromatic heterocycles. The van der Waals surface area contributed by atoms with Crippen molar-refractivity contribution >= 4 is 27.5 Å². The highest BCUT2D eigenvalue weighted by molar-refractivity contribution is 9.10. The van der Waals surface area contributed by atoms with Gasteiger partial charge in [-0.25, -0.2) is 0 Å². The number of amides is 1. The van der Waals surface area contributed by atoms with Gasteiger partial charge >= 0.3 is 0 Å². The Hall–Kier alpha value is -1.81. The predicted molar refractivity (Wildman–Crippen MR) is 70.2 cm³/mol. The average Bonchev–Trinajstić information content (AvgIpc) is 2.32. The highest BCUT2D eigenvalue weighted by atomic mass is 79.9. The summed E-state index contributed by atoms with van der Waals surface area (Å²) in [6.07, 6.45) is 0. The van der Waals surface area contributed by atoms with Gasteiger partial charge in [0.25, 0.3) is 5.91 Å². The minimum absolute atomic E-state index is 0.0258. The molecule has 3 nitrogen and oxygen atoms in total. The smallest absolute Gasteiger partial charge is 0.259 e. The van der Waals surface area contributed by atoms with Gasteiger partial charge in [-0.1, -0.05) is 28.1 Å². The summed E-state index contributed by atoms with van der Waals surface area (Å²) < 4.78 is 0.943. The summed E-state index contributed by atoms with van der Waals surface area (Å²) in [7, 11) is 0. The predicted octanol–water partition coefficient (Wildman–Crippen LogP) is 3.41. The topological polar surface area (TPSA) is 49.3 Å². The fourth-order valence-electron chi connectivity index (χ4n) is 1.40. The van der Waals surface area contributed by atoms with E-state index in [1.807, 2.05) is 12.1 Å². The Bertz CT molecular complexity index is 537. The van der Waals surface area contributed by atoms with Crippen molar-refractivity contribution in [2.45, 2.75) is 0 Å². The van der Waals surface area contributed by atoms with Gasteiger partial charge in [-0.2, -0.15) is 0 Å². The second-order valence-electron chi connectivity index (χ2n) is 3.48. The van der Waals surface area contributed by atoms with E-state index in [0.717, 1.165) is 4.47 Å². The van der Waals surface area contributed by atoms with Gasteiger partial charge in [0.1, 0.15) is 5.75 Å². The second-order valence-corrected chi connectivity index (χ2v) is 4.39. The maximum absolute atomic E-state index is 11.8. The monoisotopic (exact) mass is 291 g/mol. The first-order valence-electron chi connectivity index (χ1n) is 5.02. The Morgan fingerprint density at radius 1 is 1.06 bits per heavy atom. The number of phenolic OH excluding ortho intramolecular Hbond substituents is 1. The van der Waals surface area contributed by atoms with Crippen molar-refractivity contribution < 1.29 is 9.90 Å². The first-order valence-corrected chi connectivity index (χ1v) is 5.81. The number of aromatic hydroxyl groups is 1. The fraction of sp³-hybridized carbons (Fsp3) is 0. The Morgan fingerprint density at radius 3 is 2.35 bits per heavy atom. The zero-order chi connectivity index (χ0) is 12.3. The van der Waals surface area contributed by atoms with Crippen LogP contribution in [0.4, 0.5) is 5.69 Å². The molecule has 0 spiro atoms. The lowest BCUT2D eigenvalue weighted by Crippen LogP contribution is -2.11. The minimum atomic E-state index is -0.328. The molecule has 0 aliphatic rings. The molecular formula is C13H10BrNO2. The highest BCUT2D eigenvalue weighted by Gasteiger charge is 2.09. The van der Waals surface area contributed by atoms with Gasteiger partial charge in [0.05, 0.1) is 5.56 Å². The van der Waals surface area contributed by atoms with Crippen LogP contribution in [0.3, 0.4) is 0 Å². The molecule has 0 bridgehead atoms. The number of rotatable bonds is 2. The quantitative estimate of drug-likeness (QED) is 0.891. The van der Waals surface area contributed by atoms with Crippen molar-refractivity contribution in [3.63, 3.8) is 0 Å². The molecular weight excluding hydrogens is 282 g/mol. The zero-order valence-electron chi connectivity index (χ0n) is 8.85. The second kappa shape index (κ2) is 5.01. The van der Waals surface area contributed by atoms with Gasteiger partial charge in [-0.15, -0.1) is 0 Å². The summed E-state index contributed by atoms with van der Waals surface area (Å²) in [5.41, 5.74) is 0.942. The van der Waals surface area contributed by atoms with Crippen LogP contribution in [-0.2, 0) is 0 Å². The SMILES string of the molecule is O=C(Nc1ccc(Br)cc1)c1ccccc1O. The Balaban J connectivity index is 2.17. The molecule has 0 saturated carbocycles. The van der Waals surface area contributed by atoms with Crippen molar-refractivity contribution in [2.24, 2.45) is 0 Å². The molecule has 2 N–H and O–H groups in total. The van der Waals surface area contributed by atoms with E-state index in [0.29, 0.717) is 5.69 Å². The third-order valence-corrected chi connectivity index (χ3v) is 2.78. The van der Waals surface area contributed by atoms with E-state index in [1.165, 1.54) is 6.07 Å². The molecule has 0 aliphatic heterocycles. The maximum Gasteiger partial charge on any atom is 0.259 e. The number of phenols is 1. The number of carbonyl (C=O) groups excluding carboxylic acids is 1. The molecule has 0 saturated heterocycles. The molecule has 0 unspecified atom stereocenters. The molecule has 86 valence electrons. The van der Waals surface area contributed by atoms with Gasteiger partial charge in [0.15, 0.2) is 0 Å². The number of anilines is 1. The van der Waals surface area contributed by atoms with Crippen LogP contribution in [0, 0.1) is 0 Å². The number of carbonyl (C=O) groups is 1. The van der Waals surface area contributed by atoms with Gasteiger partial charge in [-0.05, 0) is 36.4 Å². The van der Waals surface area contributed by atoms with Crippen LogP contribution in [0.2, 0.25) is 0 Å². The third-order valence-electron chi connectivity index (χ3n) is 2.25. The molecule has 0 fully saturated rings. The Labute approximate surface area is 107 Å². The van der Waals surface area contributed by atoms with Crippen LogP contribution in [0.5, 0.6) is 5.75 Å². The molecule has 2 aromatic carbocycles. The molecule has 0 atom stereocenters. The van der Waals surface area contributed by atoms with Crippen LogP contribution in [0.15, 0.2) is 53.0 Å². The number of hydrogen-bond donors (Lipinski definition) is 2. The molecule has 1 amide bonds. The first-order chi connectivity index (χ1) is 8.16. The van der Waals surface area contributed by atoms with Crippen LogP contribution >= 0.6 is 15.9 Å². The molecule has 2 aromatic rings. The van der Waals surface area contributed by atoms with E-state index >= 15 is 0 Å². The van der Waals surface area contributed by atoms with Crippen LogP contribution in [0.25, 0.3) is 0 Å². The standard InChI is InChI=1S/C13H10BrNO2/c14-9-5-7-10(8-6-9)15-13(17)11-3-1-2-4-12(11)16/h1-8,16H,(H,15,17). The van der Waals surface area contributed by atoms with E-state index in [1.54, 1.807) is 30.3 Å². The molecule has 0 heterocycles. The summed E-state index contributed by atoms with van der Waals surface area (Å²) in [4.78, 5) is 11.8. The largest absolute Gasteiger partial charge is 0.507 e. The normalized spacial score (nSPS) is 9.94. The summed E-state index contributed by atoms with van der Waals surface area (Å²) in [5.74, 6) is -0.354. The fourth-order valence-corrected chi connectivity index (χ4v) is 1.66. The first kappa shape index (κ1) is 11.7. The molecule has 0 radical (unpaired) electrons. The molecule has 4 heteroatoms. The molecule has 2 rings (SSSR count). The lowest BCUT2D eigenvalue weighted by atomic mass is 10.2. The number of nitrogens with one attached hydrogen (secondary N) is 1. The van der Waals surface area contributed by atoms with Crippen LogP contribution in [0.1, 0.15) is 10.4 Å². The van der Waals surface area contributed by atoms with Crippen LogP contribution in [-0.4, -0.2) is 11.0 Å². The molecule has 0 aliphatic carbocycles. The maximum atomic E-state index is 11.8. The lowest BCUT2D eigenvalue weighted by molar-refractivity contribution is 0.102. The van der Waals surface area contributed by atoms with Crippen molar-refractivity contribution in [2.75, 3.05) is 5.32 Å². The van der Waals surface area contributed by atoms with E-state index in [-0.39, 0.29) is 17.2 Å².